The molecule has 0 N–H and O–H groups in total. The van der Waals surface area contributed by atoms with E-state index in [-0.39, 0.29) is 22.2 Å². The lowest BCUT2D eigenvalue weighted by Crippen LogP contribution is -2.59. The van der Waals surface area contributed by atoms with Crippen molar-refractivity contribution >= 4 is 27.3 Å². The van der Waals surface area contributed by atoms with E-state index in [1.165, 1.54) is 12.1 Å². The second-order valence-electron chi connectivity index (χ2n) is 7.29. The molecule has 28 heavy (non-hydrogen) atoms. The number of hydrogen-bond acceptors (Lipinski definition) is 4. The van der Waals surface area contributed by atoms with Gasteiger partial charge in [0.25, 0.3) is 5.92 Å². The number of nitrogens with zero attached hydrogens (tertiary/aromatic N) is 3. The minimum Gasteiger partial charge on any atom is -0.330 e. The summed E-state index contributed by atoms with van der Waals surface area (Å²) in [4.78, 5) is 13.4. The summed E-state index contributed by atoms with van der Waals surface area (Å²) in [6.45, 7) is -1.17. The maximum absolute atomic E-state index is 13.0. The SMILES string of the molecule is O=C([C@@H]1CC[C@@H](S(=O)(=O)c2ccc(-n3cccn3)cc2Cl)C1)N1CC(F)(F)C1. The van der Waals surface area contributed by atoms with Crippen LogP contribution in [-0.2, 0) is 14.6 Å². The molecular formula is C18H18ClF2N3O3S. The first-order valence-corrected chi connectivity index (χ1v) is 10.8. The summed E-state index contributed by atoms with van der Waals surface area (Å²) < 4.78 is 53.6. The van der Waals surface area contributed by atoms with Crippen LogP contribution >= 0.6 is 11.6 Å². The van der Waals surface area contributed by atoms with E-state index in [1.807, 2.05) is 0 Å². The van der Waals surface area contributed by atoms with Crippen molar-refractivity contribution in [1.29, 1.82) is 0 Å². The van der Waals surface area contributed by atoms with Gasteiger partial charge in [0.15, 0.2) is 9.84 Å². The van der Waals surface area contributed by atoms with Crippen molar-refractivity contribution < 1.29 is 22.0 Å². The summed E-state index contributed by atoms with van der Waals surface area (Å²) in [6, 6.07) is 6.33. The van der Waals surface area contributed by atoms with Crippen LogP contribution in [0.25, 0.3) is 5.69 Å². The number of alkyl halides is 2. The lowest BCUT2D eigenvalue weighted by atomic mass is 10.0. The minimum absolute atomic E-state index is 0.0126. The zero-order valence-corrected chi connectivity index (χ0v) is 16.3. The van der Waals surface area contributed by atoms with Gasteiger partial charge in [-0.15, -0.1) is 0 Å². The van der Waals surface area contributed by atoms with Crippen LogP contribution in [0.3, 0.4) is 0 Å². The van der Waals surface area contributed by atoms with Gasteiger partial charge in [-0.3, -0.25) is 4.79 Å². The monoisotopic (exact) mass is 429 g/mol. The normalized spacial score (nSPS) is 24.2. The second kappa shape index (κ2) is 6.81. The van der Waals surface area contributed by atoms with Crippen LogP contribution in [0.1, 0.15) is 19.3 Å². The highest BCUT2D eigenvalue weighted by atomic mass is 35.5. The van der Waals surface area contributed by atoms with Crippen molar-refractivity contribution in [1.82, 2.24) is 14.7 Å². The molecule has 1 aromatic heterocycles. The molecule has 1 saturated heterocycles. The fraction of sp³-hybridized carbons (Fsp3) is 0.444. The lowest BCUT2D eigenvalue weighted by Gasteiger charge is -2.40. The van der Waals surface area contributed by atoms with Crippen molar-refractivity contribution in [3.05, 3.63) is 41.7 Å². The fourth-order valence-electron chi connectivity index (χ4n) is 3.84. The molecule has 4 rings (SSSR count). The number of likely N-dealkylation sites (tertiary alicyclic amines) is 1. The Morgan fingerprint density at radius 1 is 1.25 bits per heavy atom. The van der Waals surface area contributed by atoms with Crippen molar-refractivity contribution in [2.24, 2.45) is 5.92 Å². The van der Waals surface area contributed by atoms with Crippen LogP contribution in [0.5, 0.6) is 0 Å². The van der Waals surface area contributed by atoms with Crippen LogP contribution in [-0.4, -0.2) is 53.3 Å². The van der Waals surface area contributed by atoms with E-state index in [0.717, 1.165) is 4.90 Å². The third-order valence-electron chi connectivity index (χ3n) is 5.32. The third-order valence-corrected chi connectivity index (χ3v) is 8.02. The van der Waals surface area contributed by atoms with E-state index >= 15 is 0 Å². The Balaban J connectivity index is 1.49. The Labute approximate surface area is 166 Å². The van der Waals surface area contributed by atoms with Gasteiger partial charge in [0.2, 0.25) is 5.91 Å². The molecular weight excluding hydrogens is 412 g/mol. The summed E-state index contributed by atoms with van der Waals surface area (Å²) in [6.07, 6.45) is 4.11. The predicted octanol–water partition coefficient (Wildman–Crippen LogP) is 2.95. The van der Waals surface area contributed by atoms with E-state index in [9.17, 15) is 22.0 Å². The molecule has 2 heterocycles. The van der Waals surface area contributed by atoms with Gasteiger partial charge < -0.3 is 4.90 Å². The zero-order chi connectivity index (χ0) is 20.1. The highest BCUT2D eigenvalue weighted by Gasteiger charge is 2.49. The van der Waals surface area contributed by atoms with E-state index < -0.39 is 40.0 Å². The van der Waals surface area contributed by atoms with E-state index in [4.69, 9.17) is 11.6 Å². The Hall–Kier alpha value is -2.00. The van der Waals surface area contributed by atoms with E-state index in [1.54, 1.807) is 29.2 Å². The lowest BCUT2D eigenvalue weighted by molar-refractivity contribution is -0.169. The standard InChI is InChI=1S/C18H18ClF2N3O3S/c19-15-9-13(24-7-1-6-22-24)3-5-16(15)28(26,27)14-4-2-12(8-14)17(25)23-10-18(20,21)11-23/h1,3,5-7,9,12,14H,2,4,8,10-11H2/t12-,14-/m1/s1. The molecule has 6 nitrogen and oxygen atoms in total. The smallest absolute Gasteiger partial charge is 0.282 e. The fourth-order valence-corrected chi connectivity index (χ4v) is 6.21. The molecule has 150 valence electrons. The summed E-state index contributed by atoms with van der Waals surface area (Å²) in [5.74, 6) is -3.76. The molecule has 0 unspecified atom stereocenters. The molecule has 0 spiro atoms. The quantitative estimate of drug-likeness (QED) is 0.749. The van der Waals surface area contributed by atoms with Crippen molar-refractivity contribution in [2.75, 3.05) is 13.1 Å². The highest BCUT2D eigenvalue weighted by molar-refractivity contribution is 7.92. The Morgan fingerprint density at radius 2 is 2.00 bits per heavy atom. The highest BCUT2D eigenvalue weighted by Crippen LogP contribution is 2.39. The zero-order valence-electron chi connectivity index (χ0n) is 14.8. The number of sulfone groups is 1. The molecule has 1 aromatic carbocycles. The summed E-state index contributed by atoms with van der Waals surface area (Å²) in [5, 5.41) is 3.41. The third kappa shape index (κ3) is 3.41. The number of rotatable bonds is 4. The molecule has 1 saturated carbocycles. The molecule has 1 amide bonds. The average molecular weight is 430 g/mol. The summed E-state index contributed by atoms with van der Waals surface area (Å²) >= 11 is 6.24. The first-order valence-electron chi connectivity index (χ1n) is 8.87. The number of carbonyl (C=O) groups is 1. The van der Waals surface area contributed by atoms with Crippen molar-refractivity contribution in [3.8, 4) is 5.69 Å². The molecule has 2 aliphatic rings. The number of benzene rings is 1. The molecule has 10 heteroatoms. The first kappa shape index (κ1) is 19.3. The molecule has 2 atom stereocenters. The maximum Gasteiger partial charge on any atom is 0.282 e. The Morgan fingerprint density at radius 3 is 2.61 bits per heavy atom. The maximum atomic E-state index is 13.0. The van der Waals surface area contributed by atoms with Crippen LogP contribution in [0, 0.1) is 5.92 Å². The van der Waals surface area contributed by atoms with Gasteiger partial charge in [-0.05, 0) is 43.5 Å². The number of aromatic nitrogens is 2. The average Bonchev–Trinajstić information content (AvgIpc) is 3.30. The molecule has 1 aliphatic carbocycles. The molecule has 2 fully saturated rings. The van der Waals surface area contributed by atoms with E-state index in [0.29, 0.717) is 18.5 Å². The van der Waals surface area contributed by atoms with Gasteiger partial charge in [-0.2, -0.15) is 5.10 Å². The molecule has 0 radical (unpaired) electrons. The van der Waals surface area contributed by atoms with Crippen LogP contribution in [0.4, 0.5) is 8.78 Å². The van der Waals surface area contributed by atoms with Crippen LogP contribution < -0.4 is 0 Å². The van der Waals surface area contributed by atoms with Gasteiger partial charge in [0, 0.05) is 18.3 Å². The van der Waals surface area contributed by atoms with Gasteiger partial charge in [-0.25, -0.2) is 21.9 Å². The summed E-state index contributed by atoms with van der Waals surface area (Å²) in [7, 11) is -3.74. The van der Waals surface area contributed by atoms with Crippen LogP contribution in [0.15, 0.2) is 41.6 Å². The van der Waals surface area contributed by atoms with Gasteiger partial charge >= 0.3 is 0 Å². The number of amides is 1. The summed E-state index contributed by atoms with van der Waals surface area (Å²) in [5.41, 5.74) is 0.632. The minimum atomic E-state index is -3.74. The second-order valence-corrected chi connectivity index (χ2v) is 9.90. The molecule has 0 bridgehead atoms. The molecule has 1 aliphatic heterocycles. The number of carbonyl (C=O) groups excluding carboxylic acids is 1. The predicted molar refractivity (Wildman–Crippen MR) is 98.4 cm³/mol. The van der Waals surface area contributed by atoms with Gasteiger partial charge in [-0.1, -0.05) is 11.6 Å². The Bertz CT molecular complexity index is 1000. The van der Waals surface area contributed by atoms with Crippen molar-refractivity contribution in [2.45, 2.75) is 35.3 Å². The Kier molecular flexibility index (Phi) is 4.70. The van der Waals surface area contributed by atoms with Gasteiger partial charge in [0.1, 0.15) is 0 Å². The largest absolute Gasteiger partial charge is 0.330 e. The first-order chi connectivity index (χ1) is 13.2. The number of hydrogen-bond donors (Lipinski definition) is 0. The van der Waals surface area contributed by atoms with E-state index in [2.05, 4.69) is 5.10 Å². The molecule has 2 aromatic rings. The van der Waals surface area contributed by atoms with Crippen LogP contribution in [0.2, 0.25) is 5.02 Å². The topological polar surface area (TPSA) is 72.3 Å². The number of halogens is 3. The van der Waals surface area contributed by atoms with Crippen molar-refractivity contribution in [3.63, 3.8) is 0 Å². The van der Waals surface area contributed by atoms with Gasteiger partial charge in [0.05, 0.1) is 33.9 Å².